The van der Waals surface area contributed by atoms with E-state index in [0.29, 0.717) is 0 Å². The molecule has 94 valence electrons. The Kier molecular flexibility index (Phi) is 4.05. The molecule has 1 N–H and O–H groups in total. The molecular formula is C15H17FN2. The smallest absolute Gasteiger partial charge is 0.123 e. The fourth-order valence-corrected chi connectivity index (χ4v) is 2.06. The van der Waals surface area contributed by atoms with Crippen LogP contribution in [-0.2, 0) is 6.42 Å². The van der Waals surface area contributed by atoms with Crippen molar-refractivity contribution in [3.63, 3.8) is 0 Å². The number of halogens is 1. The Bertz CT molecular complexity index is 508. The molecule has 18 heavy (non-hydrogen) atoms. The molecule has 0 amide bonds. The second-order valence-corrected chi connectivity index (χ2v) is 4.40. The molecule has 3 heteroatoms. The zero-order chi connectivity index (χ0) is 13.0. The molecule has 0 aliphatic rings. The van der Waals surface area contributed by atoms with Gasteiger partial charge in [0.05, 0.1) is 0 Å². The molecule has 2 nitrogen and oxygen atoms in total. The standard InChI is InChI=1S/C15H17FN2/c1-11-7-8-18-10-14(11)15(17-2)9-12-3-5-13(16)6-4-12/h3-8,10,15,17H,9H2,1-2H3. The van der Waals surface area contributed by atoms with Gasteiger partial charge in [-0.2, -0.15) is 0 Å². The predicted molar refractivity (Wildman–Crippen MR) is 70.9 cm³/mol. The monoisotopic (exact) mass is 244 g/mol. The minimum absolute atomic E-state index is 0.197. The van der Waals surface area contributed by atoms with Gasteiger partial charge in [-0.05, 0) is 55.3 Å². The summed E-state index contributed by atoms with van der Waals surface area (Å²) in [7, 11) is 1.93. The number of hydrogen-bond acceptors (Lipinski definition) is 2. The highest BCUT2D eigenvalue weighted by Gasteiger charge is 2.12. The third kappa shape index (κ3) is 2.93. The van der Waals surface area contributed by atoms with E-state index in [4.69, 9.17) is 0 Å². The van der Waals surface area contributed by atoms with Gasteiger partial charge in [0.25, 0.3) is 0 Å². The molecule has 2 rings (SSSR count). The zero-order valence-corrected chi connectivity index (χ0v) is 10.7. The number of nitrogens with one attached hydrogen (secondary N) is 1. The lowest BCUT2D eigenvalue weighted by atomic mass is 9.97. The predicted octanol–water partition coefficient (Wildman–Crippen LogP) is 3.03. The van der Waals surface area contributed by atoms with Crippen LogP contribution in [0.2, 0.25) is 0 Å². The quantitative estimate of drug-likeness (QED) is 0.894. The van der Waals surface area contributed by atoms with Crippen molar-refractivity contribution in [1.82, 2.24) is 10.3 Å². The van der Waals surface area contributed by atoms with Gasteiger partial charge in [-0.3, -0.25) is 4.98 Å². The Labute approximate surface area is 107 Å². The van der Waals surface area contributed by atoms with E-state index in [9.17, 15) is 4.39 Å². The number of pyridine rings is 1. The third-order valence-corrected chi connectivity index (χ3v) is 3.16. The maximum absolute atomic E-state index is 12.9. The number of hydrogen-bond donors (Lipinski definition) is 1. The van der Waals surface area contributed by atoms with Gasteiger partial charge < -0.3 is 5.32 Å². The van der Waals surface area contributed by atoms with Gasteiger partial charge in [-0.25, -0.2) is 4.39 Å². The lowest BCUT2D eigenvalue weighted by Crippen LogP contribution is -2.20. The molecule has 1 aromatic carbocycles. The second-order valence-electron chi connectivity index (χ2n) is 4.40. The first-order chi connectivity index (χ1) is 8.70. The van der Waals surface area contributed by atoms with Crippen molar-refractivity contribution in [2.75, 3.05) is 7.05 Å². The topological polar surface area (TPSA) is 24.9 Å². The highest BCUT2D eigenvalue weighted by Crippen LogP contribution is 2.20. The third-order valence-electron chi connectivity index (χ3n) is 3.16. The van der Waals surface area contributed by atoms with Gasteiger partial charge in [0.15, 0.2) is 0 Å². The lowest BCUT2D eigenvalue weighted by molar-refractivity contribution is 0.584. The van der Waals surface area contributed by atoms with Crippen molar-refractivity contribution in [2.45, 2.75) is 19.4 Å². The molecule has 1 aromatic heterocycles. The van der Waals surface area contributed by atoms with E-state index in [1.165, 1.54) is 23.3 Å². The van der Waals surface area contributed by atoms with E-state index in [-0.39, 0.29) is 11.9 Å². The van der Waals surface area contributed by atoms with Crippen molar-refractivity contribution in [3.8, 4) is 0 Å². The van der Waals surface area contributed by atoms with Gasteiger partial charge in [0.1, 0.15) is 5.82 Å². The van der Waals surface area contributed by atoms with Crippen LogP contribution in [0, 0.1) is 12.7 Å². The van der Waals surface area contributed by atoms with Crippen molar-refractivity contribution in [1.29, 1.82) is 0 Å². The van der Waals surface area contributed by atoms with Crippen molar-refractivity contribution < 1.29 is 4.39 Å². The van der Waals surface area contributed by atoms with Gasteiger partial charge >= 0.3 is 0 Å². The first kappa shape index (κ1) is 12.7. The summed E-state index contributed by atoms with van der Waals surface area (Å²) in [5.74, 6) is -0.197. The fraction of sp³-hybridized carbons (Fsp3) is 0.267. The summed E-state index contributed by atoms with van der Waals surface area (Å²) in [6.45, 7) is 2.08. The second kappa shape index (κ2) is 5.74. The number of nitrogens with zero attached hydrogens (tertiary/aromatic N) is 1. The molecule has 1 atom stereocenters. The van der Waals surface area contributed by atoms with Gasteiger partial charge in [0, 0.05) is 18.4 Å². The number of aromatic nitrogens is 1. The molecule has 0 aliphatic carbocycles. The SMILES string of the molecule is CNC(Cc1ccc(F)cc1)c1cnccc1C. The molecule has 0 bridgehead atoms. The molecule has 0 aliphatic heterocycles. The Morgan fingerprint density at radius 3 is 2.56 bits per heavy atom. The van der Waals surface area contributed by atoms with Crippen LogP contribution >= 0.6 is 0 Å². The Morgan fingerprint density at radius 1 is 1.22 bits per heavy atom. The van der Waals surface area contributed by atoms with Crippen LogP contribution in [0.15, 0.2) is 42.7 Å². The highest BCUT2D eigenvalue weighted by atomic mass is 19.1. The van der Waals surface area contributed by atoms with E-state index in [2.05, 4.69) is 17.2 Å². The van der Waals surface area contributed by atoms with Crippen LogP contribution < -0.4 is 5.32 Å². The molecule has 0 saturated heterocycles. The molecule has 0 spiro atoms. The average Bonchev–Trinajstić information content (AvgIpc) is 2.39. The minimum Gasteiger partial charge on any atom is -0.313 e. The van der Waals surface area contributed by atoms with E-state index in [1.807, 2.05) is 31.4 Å². The largest absolute Gasteiger partial charge is 0.313 e. The van der Waals surface area contributed by atoms with Crippen molar-refractivity contribution >= 4 is 0 Å². The summed E-state index contributed by atoms with van der Waals surface area (Å²) >= 11 is 0. The summed E-state index contributed by atoms with van der Waals surface area (Å²) in [4.78, 5) is 4.17. The Hall–Kier alpha value is -1.74. The maximum atomic E-state index is 12.9. The average molecular weight is 244 g/mol. The highest BCUT2D eigenvalue weighted by molar-refractivity contribution is 5.28. The molecule has 0 radical (unpaired) electrons. The molecule has 1 heterocycles. The summed E-state index contributed by atoms with van der Waals surface area (Å²) in [6.07, 6.45) is 4.51. The van der Waals surface area contributed by atoms with Crippen molar-refractivity contribution in [2.24, 2.45) is 0 Å². The van der Waals surface area contributed by atoms with Crippen LogP contribution in [0.1, 0.15) is 22.7 Å². The zero-order valence-electron chi connectivity index (χ0n) is 10.7. The van der Waals surface area contributed by atoms with Crippen molar-refractivity contribution in [3.05, 3.63) is 65.2 Å². The molecule has 1 unspecified atom stereocenters. The molecule has 2 aromatic rings. The summed E-state index contributed by atoms with van der Waals surface area (Å²) in [5.41, 5.74) is 3.51. The number of aryl methyl sites for hydroxylation is 1. The first-order valence-corrected chi connectivity index (χ1v) is 6.03. The van der Waals surface area contributed by atoms with Crippen LogP contribution in [0.3, 0.4) is 0 Å². The van der Waals surface area contributed by atoms with Crippen LogP contribution in [-0.4, -0.2) is 12.0 Å². The van der Waals surface area contributed by atoms with E-state index in [1.54, 1.807) is 6.20 Å². The van der Waals surface area contributed by atoms with Gasteiger partial charge in [-0.1, -0.05) is 12.1 Å². The van der Waals surface area contributed by atoms with Crippen LogP contribution in [0.25, 0.3) is 0 Å². The number of rotatable bonds is 4. The molecular weight excluding hydrogens is 227 g/mol. The summed E-state index contributed by atoms with van der Waals surface area (Å²) < 4.78 is 12.9. The molecule has 0 saturated carbocycles. The van der Waals surface area contributed by atoms with Crippen LogP contribution in [0.4, 0.5) is 4.39 Å². The first-order valence-electron chi connectivity index (χ1n) is 6.03. The maximum Gasteiger partial charge on any atom is 0.123 e. The van der Waals surface area contributed by atoms with E-state index < -0.39 is 0 Å². The fourth-order valence-electron chi connectivity index (χ4n) is 2.06. The summed E-state index contributed by atoms with van der Waals surface area (Å²) in [6, 6.07) is 8.85. The van der Waals surface area contributed by atoms with E-state index >= 15 is 0 Å². The Balaban J connectivity index is 2.20. The van der Waals surface area contributed by atoms with Crippen LogP contribution in [0.5, 0.6) is 0 Å². The Morgan fingerprint density at radius 2 is 1.94 bits per heavy atom. The number of likely N-dealkylation sites (N-methyl/N-ethyl adjacent to an activating group) is 1. The van der Waals surface area contributed by atoms with Gasteiger partial charge in [-0.15, -0.1) is 0 Å². The number of benzene rings is 1. The normalized spacial score (nSPS) is 12.4. The summed E-state index contributed by atoms with van der Waals surface area (Å²) in [5, 5.41) is 3.29. The molecule has 0 fully saturated rings. The minimum atomic E-state index is -0.197. The lowest BCUT2D eigenvalue weighted by Gasteiger charge is -2.18. The van der Waals surface area contributed by atoms with E-state index in [0.717, 1.165) is 12.0 Å². The van der Waals surface area contributed by atoms with Gasteiger partial charge in [0.2, 0.25) is 0 Å².